The zero-order valence-corrected chi connectivity index (χ0v) is 36.7. The van der Waals surface area contributed by atoms with Crippen LogP contribution in [0.5, 0.6) is 0 Å². The fourth-order valence-corrected chi connectivity index (χ4v) is 10.2. The number of esters is 1. The number of ether oxygens (including phenoxy) is 7. The first kappa shape index (κ1) is 46.6. The van der Waals surface area contributed by atoms with Crippen LogP contribution in [0, 0.1) is 23.7 Å². The van der Waals surface area contributed by atoms with E-state index in [4.69, 9.17) is 44.8 Å². The molecule has 4 saturated heterocycles. The smallest absolute Gasteiger partial charge is 0.311 e. The molecule has 326 valence electrons. The van der Waals surface area contributed by atoms with Crippen LogP contribution in [0.4, 0.5) is 0 Å². The maximum atomic E-state index is 14.4. The number of methoxy groups -OCH3 is 1. The molecule has 57 heavy (non-hydrogen) atoms. The van der Waals surface area contributed by atoms with Crippen LogP contribution in [-0.4, -0.2) is 136 Å². The lowest BCUT2D eigenvalue weighted by molar-refractivity contribution is -0.318. The van der Waals surface area contributed by atoms with Gasteiger partial charge in [0, 0.05) is 43.0 Å². The van der Waals surface area contributed by atoms with Crippen LogP contribution in [0.3, 0.4) is 0 Å². The molecule has 5 rings (SSSR count). The maximum absolute atomic E-state index is 14.4. The molecular formula is C43H70ClNO12. The highest BCUT2D eigenvalue weighted by Gasteiger charge is 2.59. The molecule has 4 aliphatic rings. The van der Waals surface area contributed by atoms with Crippen molar-refractivity contribution in [1.29, 1.82) is 0 Å². The summed E-state index contributed by atoms with van der Waals surface area (Å²) in [4.78, 5) is 16.5. The highest BCUT2D eigenvalue weighted by molar-refractivity contribution is 6.30. The summed E-state index contributed by atoms with van der Waals surface area (Å²) in [6.07, 6.45) is -7.91. The second kappa shape index (κ2) is 18.3. The summed E-state index contributed by atoms with van der Waals surface area (Å²) in [5, 5.41) is 46.7. The molecule has 4 fully saturated rings. The SMILES string of the molecule is CC[C@@H](O)[C@@](C)(O)[C@@H]1OC(=O)[C@H](C)[C@@H](O[C@H]2C[C@@](C)(OC)[C@@H](O)[C@H](C)O2)[C@H](C)[C@@H](O[C@@H]2O[C@H](C)C[C@H](N(C)Cc3ccc(Cl)cc3)[C@H]2O)[C@@]2(C)C[C@@H](C)[C@H](O2)[C@@H]1C. The van der Waals surface area contributed by atoms with E-state index < -0.39 is 102 Å². The maximum Gasteiger partial charge on any atom is 0.311 e. The highest BCUT2D eigenvalue weighted by Crippen LogP contribution is 2.48. The Morgan fingerprint density at radius 1 is 1.02 bits per heavy atom. The second-order valence-electron chi connectivity index (χ2n) is 18.3. The molecule has 14 heteroatoms. The Hall–Kier alpha value is -1.46. The average Bonchev–Trinajstić information content (AvgIpc) is 3.48. The zero-order valence-electron chi connectivity index (χ0n) is 36.0. The summed E-state index contributed by atoms with van der Waals surface area (Å²) in [6, 6.07) is 7.31. The molecule has 1 aromatic rings. The number of rotatable bonds is 11. The average molecular weight is 828 g/mol. The van der Waals surface area contributed by atoms with Gasteiger partial charge in [0.15, 0.2) is 12.6 Å². The molecule has 19 atom stereocenters. The van der Waals surface area contributed by atoms with Crippen LogP contribution in [0.1, 0.15) is 100 Å². The lowest BCUT2D eigenvalue weighted by Crippen LogP contribution is -2.60. The molecule has 0 aliphatic carbocycles. The Morgan fingerprint density at radius 2 is 1.67 bits per heavy atom. The van der Waals surface area contributed by atoms with Gasteiger partial charge in [-0.25, -0.2) is 0 Å². The summed E-state index contributed by atoms with van der Waals surface area (Å²) in [6.45, 7) is 18.9. The number of halogens is 1. The molecule has 4 aliphatic heterocycles. The van der Waals surface area contributed by atoms with Gasteiger partial charge >= 0.3 is 5.97 Å². The first-order valence-corrected chi connectivity index (χ1v) is 21.2. The fourth-order valence-electron chi connectivity index (χ4n) is 10.1. The Balaban J connectivity index is 1.55. The van der Waals surface area contributed by atoms with Gasteiger partial charge in [-0.2, -0.15) is 0 Å². The predicted octanol–water partition coefficient (Wildman–Crippen LogP) is 4.85. The molecule has 0 aromatic heterocycles. The molecule has 13 nitrogen and oxygen atoms in total. The molecule has 2 bridgehead atoms. The van der Waals surface area contributed by atoms with Crippen LogP contribution < -0.4 is 0 Å². The van der Waals surface area contributed by atoms with E-state index in [0.717, 1.165) is 5.56 Å². The van der Waals surface area contributed by atoms with E-state index >= 15 is 0 Å². The van der Waals surface area contributed by atoms with E-state index in [2.05, 4.69) is 11.8 Å². The summed E-state index contributed by atoms with van der Waals surface area (Å²) in [5.41, 5.74) is -2.76. The fraction of sp³-hybridized carbons (Fsp3) is 0.837. The molecule has 4 N–H and O–H groups in total. The monoisotopic (exact) mass is 827 g/mol. The third-order valence-corrected chi connectivity index (χ3v) is 13.9. The van der Waals surface area contributed by atoms with Gasteiger partial charge in [-0.1, -0.05) is 51.4 Å². The zero-order chi connectivity index (χ0) is 42.4. The van der Waals surface area contributed by atoms with Crippen molar-refractivity contribution in [3.8, 4) is 0 Å². The van der Waals surface area contributed by atoms with Crippen LogP contribution in [-0.2, 0) is 44.5 Å². The second-order valence-corrected chi connectivity index (χ2v) is 18.8. The van der Waals surface area contributed by atoms with Gasteiger partial charge in [0.05, 0.1) is 53.7 Å². The molecule has 0 saturated carbocycles. The third-order valence-electron chi connectivity index (χ3n) is 13.6. The Labute approximate surface area is 344 Å². The summed E-state index contributed by atoms with van der Waals surface area (Å²) in [7, 11) is 3.50. The van der Waals surface area contributed by atoms with Crippen molar-refractivity contribution in [1.82, 2.24) is 4.90 Å². The van der Waals surface area contributed by atoms with Gasteiger partial charge in [0.2, 0.25) is 0 Å². The number of carbonyl (C=O) groups excluding carboxylic acids is 1. The van der Waals surface area contributed by atoms with Crippen molar-refractivity contribution in [2.24, 2.45) is 23.7 Å². The van der Waals surface area contributed by atoms with Crippen molar-refractivity contribution in [3.05, 3.63) is 34.9 Å². The summed E-state index contributed by atoms with van der Waals surface area (Å²) >= 11 is 6.15. The number of cyclic esters (lactones) is 1. The number of likely N-dealkylation sites (N-methyl/N-ethyl adjacent to an activating group) is 1. The molecular weight excluding hydrogens is 758 g/mol. The normalized spacial score (nSPS) is 44.9. The first-order valence-electron chi connectivity index (χ1n) is 20.8. The minimum absolute atomic E-state index is 0.0869. The third kappa shape index (κ3) is 9.71. The lowest BCUT2D eigenvalue weighted by Gasteiger charge is -2.48. The molecule has 0 spiro atoms. The Bertz CT molecular complexity index is 1490. The van der Waals surface area contributed by atoms with Crippen molar-refractivity contribution < 1.29 is 58.4 Å². The molecule has 0 amide bonds. The summed E-state index contributed by atoms with van der Waals surface area (Å²) in [5.74, 6) is -2.81. The number of nitrogens with zero attached hydrogens (tertiary/aromatic N) is 1. The van der Waals surface area contributed by atoms with Gasteiger partial charge in [0.1, 0.15) is 23.9 Å². The van der Waals surface area contributed by atoms with Crippen molar-refractivity contribution >= 4 is 17.6 Å². The molecule has 4 heterocycles. The number of benzene rings is 1. The quantitative estimate of drug-likeness (QED) is 0.224. The standard InChI is InChI=1S/C43H70ClNO12/c1-13-31(46)43(10,50)38-24(4)34-22(2)19-42(9,57-34)37(56-40-33(47)30(18-23(3)52-40)45(11)21-28-14-16-29(44)17-15-28)25(5)35(26(6)39(49)55-38)54-32-20-41(8,51-12)36(48)27(7)53-32/h14-17,22-27,30-38,40,46-48,50H,13,18-21H2,1-12H3/t22-,23-,24+,25+,26-,27+,30+,31-,32+,33-,34+,35+,36+,37-,38-,40+,41-,42-,43-/m1/s1. The first-order chi connectivity index (χ1) is 26.6. The number of hydrogen-bond acceptors (Lipinski definition) is 13. The summed E-state index contributed by atoms with van der Waals surface area (Å²) < 4.78 is 45.6. The minimum atomic E-state index is -1.81. The minimum Gasteiger partial charge on any atom is -0.459 e. The number of hydrogen-bond donors (Lipinski definition) is 4. The molecule has 1 aromatic carbocycles. The number of aliphatic hydroxyl groups is 4. The van der Waals surface area contributed by atoms with Crippen molar-refractivity contribution in [3.63, 3.8) is 0 Å². The topological polar surface area (TPSA) is 166 Å². The number of fused-ring (bicyclic) bond motifs is 2. The van der Waals surface area contributed by atoms with Gasteiger partial charge in [-0.15, -0.1) is 0 Å². The molecule has 0 radical (unpaired) electrons. The lowest BCUT2D eigenvalue weighted by atomic mass is 9.76. The van der Waals surface area contributed by atoms with Gasteiger partial charge in [0.25, 0.3) is 0 Å². The van der Waals surface area contributed by atoms with Crippen LogP contribution >= 0.6 is 11.6 Å². The Morgan fingerprint density at radius 3 is 2.28 bits per heavy atom. The predicted molar refractivity (Wildman–Crippen MR) is 213 cm³/mol. The Kier molecular flexibility index (Phi) is 14.9. The molecule has 0 unspecified atom stereocenters. The number of aliphatic hydroxyl groups excluding tert-OH is 3. The van der Waals surface area contributed by atoms with E-state index in [1.54, 1.807) is 27.7 Å². The van der Waals surface area contributed by atoms with Crippen molar-refractivity contribution in [2.45, 2.75) is 192 Å². The highest BCUT2D eigenvalue weighted by atomic mass is 35.5. The van der Waals surface area contributed by atoms with Gasteiger partial charge < -0.3 is 53.6 Å². The van der Waals surface area contributed by atoms with Crippen LogP contribution in [0.15, 0.2) is 24.3 Å². The van der Waals surface area contributed by atoms with E-state index in [9.17, 15) is 25.2 Å². The van der Waals surface area contributed by atoms with Gasteiger partial charge in [-0.05, 0) is 91.5 Å². The van der Waals surface area contributed by atoms with Crippen LogP contribution in [0.25, 0.3) is 0 Å². The van der Waals surface area contributed by atoms with E-state index in [1.165, 1.54) is 14.0 Å². The van der Waals surface area contributed by atoms with Crippen molar-refractivity contribution in [2.75, 3.05) is 14.2 Å². The van der Waals surface area contributed by atoms with Gasteiger partial charge in [-0.3, -0.25) is 9.69 Å². The van der Waals surface area contributed by atoms with E-state index in [0.29, 0.717) is 24.4 Å². The van der Waals surface area contributed by atoms with E-state index in [1.807, 2.05) is 59.0 Å². The van der Waals surface area contributed by atoms with Crippen LogP contribution in [0.2, 0.25) is 5.02 Å². The van der Waals surface area contributed by atoms with E-state index in [-0.39, 0.29) is 30.9 Å². The number of carbonyl (C=O) groups is 1. The largest absolute Gasteiger partial charge is 0.459 e.